The van der Waals surface area contributed by atoms with E-state index in [4.69, 9.17) is 9.47 Å². The summed E-state index contributed by atoms with van der Waals surface area (Å²) in [6.45, 7) is 4.49. The van der Waals surface area contributed by atoms with Crippen LogP contribution in [0.25, 0.3) is 10.8 Å². The number of ether oxygens (including phenoxy) is 2. The molecule has 0 aliphatic heterocycles. The fraction of sp³-hybridized carbons (Fsp3) is 0.308. The standard InChI is InChI=1S/C26H29NO4/c1-4-5-14-31-24-17-22(26(29)30-3)12-13-23(24)27-25(28)18(2)15-19-10-11-20-8-6-7-9-21(20)16-19/h6-13,16-18H,4-5,14-15H2,1-3H3,(H,27,28)/t18-/m1/s1. The van der Waals surface area contributed by atoms with Crippen molar-refractivity contribution in [3.05, 3.63) is 71.8 Å². The van der Waals surface area contributed by atoms with Gasteiger partial charge in [0, 0.05) is 5.92 Å². The van der Waals surface area contributed by atoms with E-state index in [1.807, 2.05) is 19.1 Å². The molecule has 0 saturated heterocycles. The lowest BCUT2D eigenvalue weighted by molar-refractivity contribution is -0.119. The number of esters is 1. The number of hydrogen-bond donors (Lipinski definition) is 1. The van der Waals surface area contributed by atoms with E-state index in [1.165, 1.54) is 12.5 Å². The van der Waals surface area contributed by atoms with E-state index in [0.29, 0.717) is 30.0 Å². The molecule has 0 aliphatic carbocycles. The Morgan fingerprint density at radius 1 is 1.00 bits per heavy atom. The van der Waals surface area contributed by atoms with Gasteiger partial charge >= 0.3 is 5.97 Å². The number of amides is 1. The number of methoxy groups -OCH3 is 1. The van der Waals surface area contributed by atoms with E-state index < -0.39 is 5.97 Å². The van der Waals surface area contributed by atoms with Crippen LogP contribution in [-0.2, 0) is 16.0 Å². The molecule has 0 aromatic heterocycles. The molecule has 31 heavy (non-hydrogen) atoms. The van der Waals surface area contributed by atoms with Crippen molar-refractivity contribution in [3.63, 3.8) is 0 Å². The van der Waals surface area contributed by atoms with Gasteiger partial charge in [-0.3, -0.25) is 4.79 Å². The molecule has 0 radical (unpaired) electrons. The molecule has 5 nitrogen and oxygen atoms in total. The molecule has 5 heteroatoms. The molecule has 0 unspecified atom stereocenters. The van der Waals surface area contributed by atoms with Crippen molar-refractivity contribution >= 4 is 28.3 Å². The van der Waals surface area contributed by atoms with Crippen LogP contribution in [0.4, 0.5) is 5.69 Å². The molecule has 3 aromatic rings. The Morgan fingerprint density at radius 2 is 1.77 bits per heavy atom. The number of unbranched alkanes of at least 4 members (excludes halogenated alkanes) is 1. The molecule has 162 valence electrons. The summed E-state index contributed by atoms with van der Waals surface area (Å²) in [5.41, 5.74) is 2.05. The van der Waals surface area contributed by atoms with Gasteiger partial charge in [-0.1, -0.05) is 62.7 Å². The number of anilines is 1. The smallest absolute Gasteiger partial charge is 0.337 e. The summed E-state index contributed by atoms with van der Waals surface area (Å²) in [7, 11) is 1.34. The van der Waals surface area contributed by atoms with Gasteiger partial charge in [0.15, 0.2) is 0 Å². The largest absolute Gasteiger partial charge is 0.491 e. The second kappa shape index (κ2) is 10.6. The van der Waals surface area contributed by atoms with E-state index in [2.05, 4.69) is 42.6 Å². The Labute approximate surface area is 183 Å². The summed E-state index contributed by atoms with van der Waals surface area (Å²) in [5.74, 6) is -0.297. The molecule has 1 amide bonds. The number of carbonyl (C=O) groups is 2. The molecule has 0 fully saturated rings. The minimum Gasteiger partial charge on any atom is -0.491 e. The number of fused-ring (bicyclic) bond motifs is 1. The number of benzene rings is 3. The third-order valence-corrected chi connectivity index (χ3v) is 5.22. The summed E-state index contributed by atoms with van der Waals surface area (Å²) >= 11 is 0. The molecule has 0 saturated carbocycles. The maximum Gasteiger partial charge on any atom is 0.337 e. The van der Waals surface area contributed by atoms with Gasteiger partial charge in [-0.15, -0.1) is 0 Å². The topological polar surface area (TPSA) is 64.6 Å². The Hall–Kier alpha value is -3.34. The molecule has 1 N–H and O–H groups in total. The van der Waals surface area contributed by atoms with Gasteiger partial charge < -0.3 is 14.8 Å². The van der Waals surface area contributed by atoms with E-state index >= 15 is 0 Å². The second-order valence-electron chi connectivity index (χ2n) is 7.68. The van der Waals surface area contributed by atoms with Crippen molar-refractivity contribution in [2.24, 2.45) is 5.92 Å². The highest BCUT2D eigenvalue weighted by atomic mass is 16.5. The summed E-state index contributed by atoms with van der Waals surface area (Å²) < 4.78 is 10.6. The molecule has 0 aliphatic rings. The van der Waals surface area contributed by atoms with Crippen molar-refractivity contribution in [1.29, 1.82) is 0 Å². The second-order valence-corrected chi connectivity index (χ2v) is 7.68. The van der Waals surface area contributed by atoms with E-state index in [1.54, 1.807) is 18.2 Å². The zero-order chi connectivity index (χ0) is 22.2. The lowest BCUT2D eigenvalue weighted by Crippen LogP contribution is -2.22. The van der Waals surface area contributed by atoms with Crippen LogP contribution in [0.2, 0.25) is 0 Å². The van der Waals surface area contributed by atoms with E-state index in [9.17, 15) is 9.59 Å². The van der Waals surface area contributed by atoms with Gasteiger partial charge in [-0.25, -0.2) is 4.79 Å². The van der Waals surface area contributed by atoms with E-state index in [-0.39, 0.29) is 11.8 Å². The SMILES string of the molecule is CCCCOc1cc(C(=O)OC)ccc1NC(=O)[C@H](C)Cc1ccc2ccccc2c1. The summed E-state index contributed by atoms with van der Waals surface area (Å²) in [5, 5.41) is 5.31. The Bertz CT molecular complexity index is 1060. The Kier molecular flexibility index (Phi) is 7.65. The third-order valence-electron chi connectivity index (χ3n) is 5.22. The molecule has 3 rings (SSSR count). The van der Waals surface area contributed by atoms with Gasteiger partial charge in [-0.05, 0) is 47.4 Å². The predicted molar refractivity (Wildman–Crippen MR) is 124 cm³/mol. The molecular weight excluding hydrogens is 390 g/mol. The van der Waals surface area contributed by atoms with Crippen LogP contribution in [-0.4, -0.2) is 25.6 Å². The fourth-order valence-corrected chi connectivity index (χ4v) is 3.38. The summed E-state index contributed by atoms with van der Waals surface area (Å²) in [4.78, 5) is 24.7. The first-order valence-corrected chi connectivity index (χ1v) is 10.7. The van der Waals surface area contributed by atoms with Crippen LogP contribution in [0.15, 0.2) is 60.7 Å². The van der Waals surface area contributed by atoms with Gasteiger partial charge in [0.05, 0.1) is 25.0 Å². The molecule has 0 bridgehead atoms. The first kappa shape index (κ1) is 22.3. The first-order chi connectivity index (χ1) is 15.0. The molecule has 1 atom stereocenters. The average Bonchev–Trinajstić information content (AvgIpc) is 2.79. The quantitative estimate of drug-likeness (QED) is 0.361. The van der Waals surface area contributed by atoms with Crippen molar-refractivity contribution in [2.45, 2.75) is 33.1 Å². The highest BCUT2D eigenvalue weighted by Gasteiger charge is 2.18. The van der Waals surface area contributed by atoms with Crippen LogP contribution in [0.5, 0.6) is 5.75 Å². The van der Waals surface area contributed by atoms with Crippen LogP contribution < -0.4 is 10.1 Å². The Morgan fingerprint density at radius 3 is 2.52 bits per heavy atom. The summed E-state index contributed by atoms with van der Waals surface area (Å²) in [6.07, 6.45) is 2.50. The number of nitrogens with one attached hydrogen (secondary N) is 1. The predicted octanol–water partition coefficient (Wildman–Crippen LogP) is 5.62. The van der Waals surface area contributed by atoms with Crippen LogP contribution in [0.1, 0.15) is 42.6 Å². The van der Waals surface area contributed by atoms with Crippen molar-refractivity contribution in [1.82, 2.24) is 0 Å². The highest BCUT2D eigenvalue weighted by Crippen LogP contribution is 2.28. The zero-order valence-electron chi connectivity index (χ0n) is 18.3. The van der Waals surface area contributed by atoms with Crippen molar-refractivity contribution in [2.75, 3.05) is 19.0 Å². The highest BCUT2D eigenvalue weighted by molar-refractivity contribution is 5.96. The normalized spacial score (nSPS) is 11.7. The van der Waals surface area contributed by atoms with Gasteiger partial charge in [0.2, 0.25) is 5.91 Å². The molecule has 3 aromatic carbocycles. The molecule has 0 spiro atoms. The van der Waals surface area contributed by atoms with Crippen molar-refractivity contribution < 1.29 is 19.1 Å². The van der Waals surface area contributed by atoms with Gasteiger partial charge in [-0.2, -0.15) is 0 Å². The van der Waals surface area contributed by atoms with E-state index in [0.717, 1.165) is 23.8 Å². The summed E-state index contributed by atoms with van der Waals surface area (Å²) in [6, 6.07) is 19.4. The number of carbonyl (C=O) groups excluding carboxylic acids is 2. The van der Waals surface area contributed by atoms with Crippen LogP contribution in [0, 0.1) is 5.92 Å². The first-order valence-electron chi connectivity index (χ1n) is 10.7. The molecule has 0 heterocycles. The maximum atomic E-state index is 12.9. The Balaban J connectivity index is 1.72. The monoisotopic (exact) mass is 419 g/mol. The number of hydrogen-bond acceptors (Lipinski definition) is 4. The average molecular weight is 420 g/mol. The minimum atomic E-state index is -0.442. The van der Waals surface area contributed by atoms with Gasteiger partial charge in [0.1, 0.15) is 5.75 Å². The lowest BCUT2D eigenvalue weighted by Gasteiger charge is -2.16. The van der Waals surface area contributed by atoms with Gasteiger partial charge in [0.25, 0.3) is 0 Å². The minimum absolute atomic E-state index is 0.0979. The third kappa shape index (κ3) is 5.85. The van der Waals surface area contributed by atoms with Crippen molar-refractivity contribution in [3.8, 4) is 5.75 Å². The van der Waals surface area contributed by atoms with Crippen LogP contribution in [0.3, 0.4) is 0 Å². The fourth-order valence-electron chi connectivity index (χ4n) is 3.38. The molecular formula is C26H29NO4. The van der Waals surface area contributed by atoms with Crippen LogP contribution >= 0.6 is 0 Å². The lowest BCUT2D eigenvalue weighted by atomic mass is 9.97. The maximum absolute atomic E-state index is 12.9. The number of rotatable bonds is 9. The zero-order valence-corrected chi connectivity index (χ0v) is 18.3.